The first-order valence-corrected chi connectivity index (χ1v) is 7.44. The zero-order chi connectivity index (χ0) is 15.7. The van der Waals surface area contributed by atoms with Gasteiger partial charge in [-0.1, -0.05) is 36.4 Å². The number of fused-ring (bicyclic) bond motifs is 3. The van der Waals surface area contributed by atoms with Crippen molar-refractivity contribution in [2.45, 2.75) is 26.3 Å². The maximum atomic E-state index is 12.4. The zero-order valence-electron chi connectivity index (χ0n) is 12.7. The number of rotatable bonds is 4. The lowest BCUT2D eigenvalue weighted by atomic mass is 10.1. The van der Waals surface area contributed by atoms with E-state index in [4.69, 9.17) is 9.52 Å². The molecule has 0 bridgehead atoms. The normalized spacial score (nSPS) is 12.7. The Morgan fingerprint density at radius 2 is 2.00 bits per heavy atom. The number of hydrogen-bond donors (Lipinski definition) is 2. The van der Waals surface area contributed by atoms with E-state index in [1.807, 2.05) is 50.2 Å². The average molecular weight is 297 g/mol. The van der Waals surface area contributed by atoms with Gasteiger partial charge >= 0.3 is 0 Å². The fourth-order valence-electron chi connectivity index (χ4n) is 2.72. The Balaban J connectivity index is 2.06. The van der Waals surface area contributed by atoms with Gasteiger partial charge in [-0.3, -0.25) is 4.79 Å². The van der Waals surface area contributed by atoms with E-state index in [-0.39, 0.29) is 18.6 Å². The molecule has 0 saturated heterocycles. The summed E-state index contributed by atoms with van der Waals surface area (Å²) in [6.07, 6.45) is 0.522. The SMILES string of the molecule is Cc1c(C(=O)N[C@H](C)CCO)oc2c1ccc1ccccc12. The Hall–Kier alpha value is -2.33. The van der Waals surface area contributed by atoms with Crippen molar-refractivity contribution in [3.63, 3.8) is 0 Å². The molecule has 1 heterocycles. The summed E-state index contributed by atoms with van der Waals surface area (Å²) in [5, 5.41) is 14.8. The van der Waals surface area contributed by atoms with Crippen LogP contribution in [0.15, 0.2) is 40.8 Å². The van der Waals surface area contributed by atoms with Gasteiger partial charge in [0.25, 0.3) is 5.91 Å². The number of carbonyl (C=O) groups is 1. The maximum absolute atomic E-state index is 12.4. The van der Waals surface area contributed by atoms with Gasteiger partial charge in [0, 0.05) is 29.0 Å². The fourth-order valence-corrected chi connectivity index (χ4v) is 2.72. The Labute approximate surface area is 128 Å². The first-order valence-electron chi connectivity index (χ1n) is 7.44. The Kier molecular flexibility index (Phi) is 3.86. The molecular weight excluding hydrogens is 278 g/mol. The quantitative estimate of drug-likeness (QED) is 0.776. The molecule has 1 amide bonds. The monoisotopic (exact) mass is 297 g/mol. The Bertz CT molecular complexity index is 835. The number of hydrogen-bond acceptors (Lipinski definition) is 3. The summed E-state index contributed by atoms with van der Waals surface area (Å²) >= 11 is 0. The Morgan fingerprint density at radius 3 is 2.77 bits per heavy atom. The molecule has 3 rings (SSSR count). The van der Waals surface area contributed by atoms with Crippen molar-refractivity contribution in [3.8, 4) is 0 Å². The molecule has 1 atom stereocenters. The number of aliphatic hydroxyl groups is 1. The number of amides is 1. The van der Waals surface area contributed by atoms with Crippen LogP contribution in [0.1, 0.15) is 29.5 Å². The van der Waals surface area contributed by atoms with Crippen LogP contribution in [0.3, 0.4) is 0 Å². The number of aliphatic hydroxyl groups excluding tert-OH is 1. The van der Waals surface area contributed by atoms with E-state index >= 15 is 0 Å². The molecule has 4 heteroatoms. The van der Waals surface area contributed by atoms with Crippen LogP contribution in [0.4, 0.5) is 0 Å². The van der Waals surface area contributed by atoms with Gasteiger partial charge in [-0.05, 0) is 25.7 Å². The standard InChI is InChI=1S/C18H19NO3/c1-11(9-10-20)19-18(21)16-12(2)14-8-7-13-5-3-4-6-15(13)17(14)22-16/h3-8,11,20H,9-10H2,1-2H3,(H,19,21)/t11-/m1/s1. The molecule has 0 fully saturated rings. The van der Waals surface area contributed by atoms with Crippen molar-refractivity contribution in [3.05, 3.63) is 47.7 Å². The number of benzene rings is 2. The van der Waals surface area contributed by atoms with Gasteiger partial charge in [0.1, 0.15) is 5.58 Å². The van der Waals surface area contributed by atoms with Gasteiger partial charge in [0.15, 0.2) is 5.76 Å². The third-order valence-electron chi connectivity index (χ3n) is 3.97. The van der Waals surface area contributed by atoms with E-state index in [9.17, 15) is 4.79 Å². The van der Waals surface area contributed by atoms with E-state index < -0.39 is 0 Å². The minimum Gasteiger partial charge on any atom is -0.450 e. The van der Waals surface area contributed by atoms with Crippen molar-refractivity contribution in [1.29, 1.82) is 0 Å². The van der Waals surface area contributed by atoms with Crippen molar-refractivity contribution in [1.82, 2.24) is 5.32 Å². The lowest BCUT2D eigenvalue weighted by molar-refractivity contribution is 0.0908. The molecule has 0 aliphatic carbocycles. The first kappa shape index (κ1) is 14.6. The van der Waals surface area contributed by atoms with Crippen LogP contribution in [0.2, 0.25) is 0 Å². The molecule has 0 radical (unpaired) electrons. The Morgan fingerprint density at radius 1 is 1.23 bits per heavy atom. The van der Waals surface area contributed by atoms with E-state index in [2.05, 4.69) is 5.32 Å². The second-order valence-corrected chi connectivity index (χ2v) is 5.61. The molecule has 0 spiro atoms. The highest BCUT2D eigenvalue weighted by Crippen LogP contribution is 2.31. The van der Waals surface area contributed by atoms with Crippen LogP contribution < -0.4 is 5.32 Å². The van der Waals surface area contributed by atoms with Crippen LogP contribution in [0, 0.1) is 6.92 Å². The third kappa shape index (κ3) is 2.46. The lowest BCUT2D eigenvalue weighted by Gasteiger charge is -2.11. The van der Waals surface area contributed by atoms with Crippen molar-refractivity contribution >= 4 is 27.6 Å². The van der Waals surface area contributed by atoms with Crippen LogP contribution in [-0.2, 0) is 0 Å². The molecule has 2 N–H and O–H groups in total. The second-order valence-electron chi connectivity index (χ2n) is 5.61. The predicted octanol–water partition coefficient (Wildman–Crippen LogP) is 3.40. The predicted molar refractivity (Wildman–Crippen MR) is 87.1 cm³/mol. The first-order chi connectivity index (χ1) is 10.6. The summed E-state index contributed by atoms with van der Waals surface area (Å²) in [6, 6.07) is 11.9. The topological polar surface area (TPSA) is 62.5 Å². The fraction of sp³-hybridized carbons (Fsp3) is 0.278. The highest BCUT2D eigenvalue weighted by atomic mass is 16.3. The maximum Gasteiger partial charge on any atom is 0.287 e. The summed E-state index contributed by atoms with van der Waals surface area (Å²) < 4.78 is 5.88. The third-order valence-corrected chi connectivity index (χ3v) is 3.97. The minimum absolute atomic E-state index is 0.0468. The summed E-state index contributed by atoms with van der Waals surface area (Å²) in [4.78, 5) is 12.4. The number of nitrogens with one attached hydrogen (secondary N) is 1. The van der Waals surface area contributed by atoms with Gasteiger partial charge < -0.3 is 14.8 Å². The van der Waals surface area contributed by atoms with Crippen LogP contribution in [0.5, 0.6) is 0 Å². The van der Waals surface area contributed by atoms with E-state index in [1.54, 1.807) is 0 Å². The molecule has 3 aromatic rings. The van der Waals surface area contributed by atoms with Crippen molar-refractivity contribution < 1.29 is 14.3 Å². The molecule has 0 aliphatic rings. The molecular formula is C18H19NO3. The molecule has 0 aliphatic heterocycles. The number of carbonyl (C=O) groups excluding carboxylic acids is 1. The lowest BCUT2D eigenvalue weighted by Crippen LogP contribution is -2.33. The molecule has 0 unspecified atom stereocenters. The number of aryl methyl sites for hydroxylation is 1. The molecule has 22 heavy (non-hydrogen) atoms. The molecule has 2 aromatic carbocycles. The average Bonchev–Trinajstić information content (AvgIpc) is 2.85. The summed E-state index contributed by atoms with van der Waals surface area (Å²) in [5.74, 6) is 0.106. The molecule has 0 saturated carbocycles. The van der Waals surface area contributed by atoms with Gasteiger partial charge in [-0.15, -0.1) is 0 Å². The highest BCUT2D eigenvalue weighted by Gasteiger charge is 2.20. The summed E-state index contributed by atoms with van der Waals surface area (Å²) in [6.45, 7) is 3.80. The minimum atomic E-state index is -0.237. The van der Waals surface area contributed by atoms with Gasteiger partial charge in [0.2, 0.25) is 0 Å². The second kappa shape index (κ2) is 5.81. The zero-order valence-corrected chi connectivity index (χ0v) is 12.7. The van der Waals surface area contributed by atoms with Crippen LogP contribution in [-0.4, -0.2) is 23.7 Å². The molecule has 114 valence electrons. The van der Waals surface area contributed by atoms with Crippen molar-refractivity contribution in [2.24, 2.45) is 0 Å². The van der Waals surface area contributed by atoms with Crippen LogP contribution in [0.25, 0.3) is 21.7 Å². The van der Waals surface area contributed by atoms with Gasteiger partial charge in [0.05, 0.1) is 0 Å². The number of furan rings is 1. The van der Waals surface area contributed by atoms with E-state index in [0.29, 0.717) is 12.2 Å². The van der Waals surface area contributed by atoms with Gasteiger partial charge in [-0.25, -0.2) is 0 Å². The molecule has 4 nitrogen and oxygen atoms in total. The molecule has 1 aromatic heterocycles. The van der Waals surface area contributed by atoms with E-state index in [0.717, 1.165) is 27.3 Å². The van der Waals surface area contributed by atoms with Crippen molar-refractivity contribution in [2.75, 3.05) is 6.61 Å². The summed E-state index contributed by atoms with van der Waals surface area (Å²) in [7, 11) is 0. The summed E-state index contributed by atoms with van der Waals surface area (Å²) in [5.41, 5.74) is 1.59. The largest absolute Gasteiger partial charge is 0.450 e. The smallest absolute Gasteiger partial charge is 0.287 e. The van der Waals surface area contributed by atoms with Gasteiger partial charge in [-0.2, -0.15) is 0 Å². The van der Waals surface area contributed by atoms with E-state index in [1.165, 1.54) is 0 Å². The highest BCUT2D eigenvalue weighted by molar-refractivity contribution is 6.08. The van der Waals surface area contributed by atoms with Crippen LogP contribution >= 0.6 is 0 Å².